The lowest BCUT2D eigenvalue weighted by atomic mass is 10.2. The number of aliphatic carboxylic acids is 1. The molecule has 0 aromatic carbocycles. The van der Waals surface area contributed by atoms with Gasteiger partial charge in [0.25, 0.3) is 0 Å². The van der Waals surface area contributed by atoms with E-state index in [-0.39, 0.29) is 11.7 Å². The number of nitriles is 1. The molecule has 0 saturated heterocycles. The molecule has 0 rings (SSSR count). The third-order valence-electron chi connectivity index (χ3n) is 1.64. The first-order chi connectivity index (χ1) is 6.65. The second-order valence-corrected chi connectivity index (χ2v) is 2.81. The fourth-order valence-electron chi connectivity index (χ4n) is 0.895. The maximum Gasteiger partial charge on any atom is 0.346 e. The number of hydrogen-bond donors (Lipinski definition) is 1. The van der Waals surface area contributed by atoms with Gasteiger partial charge in [-0.3, -0.25) is 0 Å². The van der Waals surface area contributed by atoms with Gasteiger partial charge in [-0.1, -0.05) is 13.8 Å². The summed E-state index contributed by atoms with van der Waals surface area (Å²) in [4.78, 5) is 10.5. The summed E-state index contributed by atoms with van der Waals surface area (Å²) in [5, 5.41) is 17.1. The molecule has 1 atom stereocenters. The quantitative estimate of drug-likeness (QED) is 0.520. The first kappa shape index (κ1) is 12.7. The molecule has 0 radical (unpaired) electrons. The lowest BCUT2D eigenvalue weighted by Crippen LogP contribution is -2.12. The average molecular weight is 197 g/mol. The Morgan fingerprint density at radius 2 is 2.29 bits per heavy atom. The zero-order chi connectivity index (χ0) is 11.0. The molecular weight excluding hydrogens is 182 g/mol. The molecule has 1 unspecified atom stereocenters. The minimum atomic E-state index is -1.20. The topological polar surface area (TPSA) is 70.3 Å². The lowest BCUT2D eigenvalue weighted by Gasteiger charge is -2.10. The SMILES string of the molecule is CCCOC(/C=C(\C#N)C(=O)O)CC. The zero-order valence-corrected chi connectivity index (χ0v) is 8.49. The van der Waals surface area contributed by atoms with Crippen LogP contribution in [0.2, 0.25) is 0 Å². The van der Waals surface area contributed by atoms with Gasteiger partial charge < -0.3 is 9.84 Å². The molecule has 1 N–H and O–H groups in total. The second kappa shape index (κ2) is 7.10. The van der Waals surface area contributed by atoms with Crippen molar-refractivity contribution in [3.8, 4) is 6.07 Å². The highest BCUT2D eigenvalue weighted by Gasteiger charge is 2.10. The summed E-state index contributed by atoms with van der Waals surface area (Å²) < 4.78 is 5.33. The number of carboxylic acids is 1. The van der Waals surface area contributed by atoms with Crippen LogP contribution in [0.4, 0.5) is 0 Å². The Labute approximate surface area is 83.8 Å². The van der Waals surface area contributed by atoms with E-state index in [0.29, 0.717) is 13.0 Å². The summed E-state index contributed by atoms with van der Waals surface area (Å²) in [6.07, 6.45) is 2.62. The summed E-state index contributed by atoms with van der Waals surface area (Å²) >= 11 is 0. The number of carboxylic acid groups (broad SMARTS) is 1. The van der Waals surface area contributed by atoms with E-state index in [4.69, 9.17) is 15.1 Å². The highest BCUT2D eigenvalue weighted by atomic mass is 16.5. The van der Waals surface area contributed by atoms with Crippen LogP contribution in [-0.4, -0.2) is 23.8 Å². The van der Waals surface area contributed by atoms with E-state index in [9.17, 15) is 4.79 Å². The van der Waals surface area contributed by atoms with Crippen molar-refractivity contribution in [2.75, 3.05) is 6.61 Å². The minimum Gasteiger partial charge on any atom is -0.477 e. The Bertz CT molecular complexity index is 253. The molecule has 0 bridgehead atoms. The number of rotatable bonds is 6. The van der Waals surface area contributed by atoms with Crippen molar-refractivity contribution in [3.05, 3.63) is 11.6 Å². The van der Waals surface area contributed by atoms with Gasteiger partial charge in [0.2, 0.25) is 0 Å². The molecule has 0 aromatic heterocycles. The predicted octanol–water partition coefficient (Wildman–Crippen LogP) is 1.73. The molecule has 14 heavy (non-hydrogen) atoms. The maximum absolute atomic E-state index is 10.5. The van der Waals surface area contributed by atoms with E-state index < -0.39 is 5.97 Å². The van der Waals surface area contributed by atoms with Crippen molar-refractivity contribution < 1.29 is 14.6 Å². The molecule has 78 valence electrons. The van der Waals surface area contributed by atoms with Crippen LogP contribution < -0.4 is 0 Å². The van der Waals surface area contributed by atoms with Gasteiger partial charge in [-0.15, -0.1) is 0 Å². The van der Waals surface area contributed by atoms with Crippen LogP contribution in [0.15, 0.2) is 11.6 Å². The molecule has 0 aromatic rings. The molecule has 4 heteroatoms. The fourth-order valence-corrected chi connectivity index (χ4v) is 0.895. The van der Waals surface area contributed by atoms with Crippen molar-refractivity contribution >= 4 is 5.97 Å². The van der Waals surface area contributed by atoms with Crippen LogP contribution in [0.5, 0.6) is 0 Å². The normalized spacial score (nSPS) is 13.4. The Kier molecular flexibility index (Phi) is 6.42. The highest BCUT2D eigenvalue weighted by Crippen LogP contribution is 2.05. The van der Waals surface area contributed by atoms with E-state index in [2.05, 4.69) is 0 Å². The molecule has 0 fully saturated rings. The van der Waals surface area contributed by atoms with Crippen LogP contribution in [-0.2, 0) is 9.53 Å². The summed E-state index contributed by atoms with van der Waals surface area (Å²) in [5.41, 5.74) is -0.257. The maximum atomic E-state index is 10.5. The van der Waals surface area contributed by atoms with Crippen molar-refractivity contribution in [1.82, 2.24) is 0 Å². The molecule has 0 aliphatic rings. The van der Waals surface area contributed by atoms with Crippen molar-refractivity contribution in [2.45, 2.75) is 32.8 Å². The minimum absolute atomic E-state index is 0.257. The first-order valence-electron chi connectivity index (χ1n) is 4.62. The van der Waals surface area contributed by atoms with E-state index in [1.54, 1.807) is 6.07 Å². The third kappa shape index (κ3) is 4.63. The molecule has 0 aliphatic heterocycles. The Morgan fingerprint density at radius 1 is 1.64 bits per heavy atom. The van der Waals surface area contributed by atoms with Crippen molar-refractivity contribution in [3.63, 3.8) is 0 Å². The number of carbonyl (C=O) groups is 1. The lowest BCUT2D eigenvalue weighted by molar-refractivity contribution is -0.132. The molecule has 0 spiro atoms. The first-order valence-corrected chi connectivity index (χ1v) is 4.62. The summed E-state index contributed by atoms with van der Waals surface area (Å²) in [6.45, 7) is 4.43. The molecule has 0 aliphatic carbocycles. The number of nitrogens with zero attached hydrogens (tertiary/aromatic N) is 1. The van der Waals surface area contributed by atoms with Crippen LogP contribution >= 0.6 is 0 Å². The fraction of sp³-hybridized carbons (Fsp3) is 0.600. The summed E-state index contributed by atoms with van der Waals surface area (Å²) in [5.74, 6) is -1.20. The van der Waals surface area contributed by atoms with Crippen molar-refractivity contribution in [2.24, 2.45) is 0 Å². The van der Waals surface area contributed by atoms with E-state index in [1.807, 2.05) is 13.8 Å². The second-order valence-electron chi connectivity index (χ2n) is 2.81. The van der Waals surface area contributed by atoms with Gasteiger partial charge >= 0.3 is 5.97 Å². The van der Waals surface area contributed by atoms with E-state index >= 15 is 0 Å². The number of hydrogen-bond acceptors (Lipinski definition) is 3. The van der Waals surface area contributed by atoms with E-state index in [1.165, 1.54) is 6.08 Å². The monoisotopic (exact) mass is 197 g/mol. The van der Waals surface area contributed by atoms with Gasteiger partial charge in [-0.25, -0.2) is 4.79 Å². The Hall–Kier alpha value is -1.34. The molecule has 0 heterocycles. The van der Waals surface area contributed by atoms with Gasteiger partial charge in [0.05, 0.1) is 6.10 Å². The Morgan fingerprint density at radius 3 is 2.64 bits per heavy atom. The molecule has 0 saturated carbocycles. The van der Waals surface area contributed by atoms with Gasteiger partial charge in [0, 0.05) is 6.61 Å². The van der Waals surface area contributed by atoms with Crippen LogP contribution in [0, 0.1) is 11.3 Å². The van der Waals surface area contributed by atoms with Crippen molar-refractivity contribution in [1.29, 1.82) is 5.26 Å². The van der Waals surface area contributed by atoms with Gasteiger partial charge in [0.1, 0.15) is 11.6 Å². The van der Waals surface area contributed by atoms with Crippen LogP contribution in [0.1, 0.15) is 26.7 Å². The van der Waals surface area contributed by atoms with Gasteiger partial charge in [-0.2, -0.15) is 5.26 Å². The highest BCUT2D eigenvalue weighted by molar-refractivity contribution is 5.91. The third-order valence-corrected chi connectivity index (χ3v) is 1.64. The molecule has 0 amide bonds. The number of ether oxygens (including phenoxy) is 1. The molecule has 4 nitrogen and oxygen atoms in total. The largest absolute Gasteiger partial charge is 0.477 e. The van der Waals surface area contributed by atoms with E-state index in [0.717, 1.165) is 6.42 Å². The van der Waals surface area contributed by atoms with Gasteiger partial charge in [0.15, 0.2) is 0 Å². The zero-order valence-electron chi connectivity index (χ0n) is 8.49. The summed E-state index contributed by atoms with van der Waals surface area (Å²) in [7, 11) is 0. The Balaban J connectivity index is 4.39. The smallest absolute Gasteiger partial charge is 0.346 e. The average Bonchev–Trinajstić information content (AvgIpc) is 2.18. The van der Waals surface area contributed by atoms with Crippen LogP contribution in [0.25, 0.3) is 0 Å². The van der Waals surface area contributed by atoms with Crippen LogP contribution in [0.3, 0.4) is 0 Å². The predicted molar refractivity (Wildman–Crippen MR) is 51.7 cm³/mol. The molecular formula is C10H15NO3. The summed E-state index contributed by atoms with van der Waals surface area (Å²) in [6, 6.07) is 1.62. The van der Waals surface area contributed by atoms with Gasteiger partial charge in [-0.05, 0) is 18.9 Å². The standard InChI is InChI=1S/C10H15NO3/c1-3-5-14-9(4-2)6-8(7-11)10(12)13/h6,9H,3-5H2,1-2H3,(H,12,13)/b8-6+.